The highest BCUT2D eigenvalue weighted by atomic mass is 79.9. The molecule has 78 heavy (non-hydrogen) atoms. The molecular formula is C36H24Br6F6N12O12P6+6. The van der Waals surface area contributed by atoms with Crippen LogP contribution in [0.3, 0.4) is 0 Å². The SMILES string of the molecule is N#[N+]c1cccc(Br)c1.N#[N+]c1cccc(Br)c1.N#[N+]c1cccc(Br)c1.N#[N+]c1cccc(Br)c1.N#[N+]c1cccc(Br)c1.N#[N+]c1cccc(Br)c1.O=[P+]([O-])F.O=[P+]([O-])F.O=[P+]([O-])F.O=[P+]([O-])F.O=[P+]([O-])F.O=[P+]([O-])F. The average molecular weight is 1600 g/mol. The Labute approximate surface area is 492 Å². The molecule has 0 heterocycles. The smallest absolute Gasteiger partial charge is 0.540 e. The van der Waals surface area contributed by atoms with Crippen molar-refractivity contribution in [2.24, 2.45) is 0 Å². The summed E-state index contributed by atoms with van der Waals surface area (Å²) in [6.07, 6.45) is 0. The molecule has 24 nitrogen and oxygen atoms in total. The Morgan fingerprint density at radius 3 is 0.410 bits per heavy atom. The normalized spacial score (nSPS) is 9.23. The first-order chi connectivity index (χ1) is 36.3. The molecule has 0 aromatic heterocycles. The van der Waals surface area contributed by atoms with E-state index in [1.54, 1.807) is 109 Å². The number of nitrogens with zero attached hydrogens (tertiary/aromatic N) is 12. The summed E-state index contributed by atoms with van der Waals surface area (Å²) in [6.45, 7) is 0. The molecule has 0 saturated carbocycles. The number of rotatable bonds is 0. The Hall–Kier alpha value is -5.34. The first kappa shape index (κ1) is 84.0. The summed E-state index contributed by atoms with van der Waals surface area (Å²) in [5.74, 6) is 0. The maximum Gasteiger partial charge on any atom is 0.540 e. The van der Waals surface area contributed by atoms with E-state index in [1.807, 2.05) is 36.4 Å². The number of hydrogen-bond acceptors (Lipinski definition) is 18. The highest BCUT2D eigenvalue weighted by Crippen LogP contribution is 2.21. The lowest BCUT2D eigenvalue weighted by Gasteiger charge is -1.79. The molecule has 0 aliphatic carbocycles. The van der Waals surface area contributed by atoms with Crippen LogP contribution in [-0.4, -0.2) is 0 Å². The molecule has 0 bridgehead atoms. The van der Waals surface area contributed by atoms with Crippen LogP contribution in [0.5, 0.6) is 0 Å². The molecule has 6 atom stereocenters. The zero-order valence-corrected chi connectivity index (χ0v) is 52.2. The van der Waals surface area contributed by atoms with Crippen LogP contribution in [0.2, 0.25) is 0 Å². The summed E-state index contributed by atoms with van der Waals surface area (Å²) in [5.41, 5.74) is 3.36. The standard InChI is InChI=1S/6C6H4BrN2.6FO2P/c6*7-5-2-1-3-6(4-5)9-8;6*1-4(2)3/h6*1-4H;;;;;;/q6*+1;;;;;;. The molecule has 0 radical (unpaired) electrons. The van der Waals surface area contributed by atoms with Crippen molar-refractivity contribution in [1.29, 1.82) is 32.4 Å². The lowest BCUT2D eigenvalue weighted by atomic mass is 10.3. The Morgan fingerprint density at radius 1 is 0.269 bits per heavy atom. The topological polar surface area (TPSA) is 410 Å². The third kappa shape index (κ3) is 77.2. The van der Waals surface area contributed by atoms with Gasteiger partial charge in [-0.2, -0.15) is 0 Å². The molecule has 0 spiro atoms. The first-order valence-corrected chi connectivity index (χ1v) is 29.0. The maximum absolute atomic E-state index is 9.95. The molecule has 6 unspecified atom stereocenters. The zero-order valence-electron chi connectivity index (χ0n) is 37.3. The summed E-state index contributed by atoms with van der Waals surface area (Å²) < 4.78 is 115. The quantitative estimate of drug-likeness (QED) is 0.0774. The van der Waals surface area contributed by atoms with Gasteiger partial charge < -0.3 is 29.4 Å². The number of benzene rings is 6. The van der Waals surface area contributed by atoms with E-state index in [9.17, 15) is 25.2 Å². The van der Waals surface area contributed by atoms with Crippen LogP contribution in [-0.2, 0) is 27.4 Å². The lowest BCUT2D eigenvalue weighted by Crippen LogP contribution is -1.74. The Balaban J connectivity index is -0.000000185. The van der Waals surface area contributed by atoms with Crippen molar-refractivity contribution >= 4 is 180 Å². The van der Waals surface area contributed by atoms with Gasteiger partial charge in [0.2, 0.25) is 32.4 Å². The van der Waals surface area contributed by atoms with Gasteiger partial charge >= 0.3 is 84.2 Å². The fourth-order valence-corrected chi connectivity index (χ4v) is 5.55. The van der Waals surface area contributed by atoms with E-state index in [0.29, 0.717) is 34.1 Å². The molecule has 6 aromatic carbocycles. The van der Waals surface area contributed by atoms with Gasteiger partial charge in [-0.1, -0.05) is 132 Å². The highest BCUT2D eigenvalue weighted by molar-refractivity contribution is 9.11. The summed E-state index contributed by atoms with van der Waals surface area (Å²) in [7, 11) is -21.7. The van der Waals surface area contributed by atoms with Crippen LogP contribution in [0, 0.1) is 32.4 Å². The number of halogens is 12. The molecule has 0 amide bonds. The lowest BCUT2D eigenvalue weighted by molar-refractivity contribution is -0.175. The largest absolute Gasteiger partial charge is 0.562 e. The summed E-state index contributed by atoms with van der Waals surface area (Å²) >= 11 is 19.4. The third-order valence-electron chi connectivity index (χ3n) is 5.54. The van der Waals surface area contributed by atoms with Crippen molar-refractivity contribution in [3.05, 3.63) is 202 Å². The van der Waals surface area contributed by atoms with Gasteiger partial charge in [0.1, 0.15) is 0 Å². The minimum absolute atomic E-state index is 0.560. The van der Waals surface area contributed by atoms with Gasteiger partial charge in [-0.25, -0.2) is 0 Å². The van der Waals surface area contributed by atoms with E-state index in [0.717, 1.165) is 26.8 Å². The van der Waals surface area contributed by atoms with Crippen LogP contribution >= 0.6 is 146 Å². The van der Waals surface area contributed by atoms with Crippen LogP contribution in [0.15, 0.2) is 172 Å². The van der Waals surface area contributed by atoms with Gasteiger partial charge in [0.05, 0.1) is 25.2 Å². The van der Waals surface area contributed by atoms with E-state index < -0.39 is 50.0 Å². The van der Waals surface area contributed by atoms with E-state index >= 15 is 0 Å². The van der Waals surface area contributed by atoms with Crippen LogP contribution in [0.4, 0.5) is 59.3 Å². The molecule has 6 aromatic rings. The molecular weight excluding hydrogens is 1570 g/mol. The van der Waals surface area contributed by atoms with Gasteiger partial charge in [-0.3, -0.25) is 0 Å². The average Bonchev–Trinajstić information content (AvgIpc) is 3.34. The Kier molecular flexibility index (Phi) is 62.3. The second-order valence-corrected chi connectivity index (χ2v) is 18.8. The molecule has 42 heteroatoms. The van der Waals surface area contributed by atoms with Gasteiger partial charge in [-0.15, -0.1) is 0 Å². The molecule has 0 N–H and O–H groups in total. The molecule has 0 fully saturated rings. The van der Waals surface area contributed by atoms with Crippen molar-refractivity contribution in [3.63, 3.8) is 0 Å². The van der Waals surface area contributed by atoms with E-state index in [2.05, 4.69) is 125 Å². The van der Waals surface area contributed by atoms with Gasteiger partial charge in [0, 0.05) is 99.6 Å². The van der Waals surface area contributed by atoms with E-state index in [-0.39, 0.29) is 0 Å². The predicted molar refractivity (Wildman–Crippen MR) is 286 cm³/mol. The highest BCUT2D eigenvalue weighted by Gasteiger charge is 2.05. The molecule has 6 rings (SSSR count). The summed E-state index contributed by atoms with van der Waals surface area (Å²) in [5, 5.41) is 49.6. The summed E-state index contributed by atoms with van der Waals surface area (Å²) in [6, 6.07) is 42.7. The molecule has 0 aliphatic heterocycles. The Bertz CT molecular complexity index is 2550. The Morgan fingerprint density at radius 2 is 0.359 bits per heavy atom. The molecule has 0 saturated heterocycles. The van der Waals surface area contributed by atoms with Gasteiger partial charge in [0.25, 0.3) is 0 Å². The van der Waals surface area contributed by atoms with Gasteiger partial charge in [-0.05, 0) is 63.8 Å². The van der Waals surface area contributed by atoms with Crippen molar-refractivity contribution in [3.8, 4) is 0 Å². The predicted octanol–water partition coefficient (Wildman–Crippen LogP) is 17.4. The van der Waals surface area contributed by atoms with Gasteiger partial charge in [0.15, 0.2) is 29.9 Å². The maximum atomic E-state index is 9.95. The van der Waals surface area contributed by atoms with Crippen molar-refractivity contribution < 1.29 is 81.9 Å². The summed E-state index contributed by atoms with van der Waals surface area (Å²) in [4.78, 5) is 68.2. The third-order valence-corrected chi connectivity index (χ3v) is 8.50. The van der Waals surface area contributed by atoms with Crippen molar-refractivity contribution in [2.45, 2.75) is 0 Å². The van der Waals surface area contributed by atoms with E-state index in [1.165, 1.54) is 0 Å². The minimum atomic E-state index is -3.62. The minimum Gasteiger partial charge on any atom is -0.562 e. The van der Waals surface area contributed by atoms with Crippen LogP contribution < -0.4 is 29.4 Å². The molecule has 0 aliphatic rings. The molecule has 408 valence electrons. The number of hydrogen-bond donors (Lipinski definition) is 0. The first-order valence-electron chi connectivity index (χ1n) is 17.8. The zero-order chi connectivity index (χ0) is 61.6. The van der Waals surface area contributed by atoms with Crippen LogP contribution in [0.1, 0.15) is 0 Å². The van der Waals surface area contributed by atoms with Crippen LogP contribution in [0.25, 0.3) is 29.9 Å². The van der Waals surface area contributed by atoms with E-state index in [4.69, 9.17) is 89.1 Å². The fourth-order valence-electron chi connectivity index (χ4n) is 3.23. The number of diazo groups is 6. The van der Waals surface area contributed by atoms with Crippen molar-refractivity contribution in [2.75, 3.05) is 0 Å². The monoisotopic (exact) mass is 1590 g/mol. The fraction of sp³-hybridized carbons (Fsp3) is 0. The van der Waals surface area contributed by atoms with Crippen molar-refractivity contribution in [1.82, 2.24) is 0 Å². The second kappa shape index (κ2) is 57.8. The second-order valence-electron chi connectivity index (χ2n) is 10.8.